The molecule has 0 fully saturated rings. The molecule has 4 heteroatoms. The van der Waals surface area contributed by atoms with E-state index in [4.69, 9.17) is 0 Å². The monoisotopic (exact) mass is 295 g/mol. The lowest BCUT2D eigenvalue weighted by Gasteiger charge is -2.08. The number of nitrogens with one attached hydrogen (secondary N) is 1. The highest BCUT2D eigenvalue weighted by Gasteiger charge is 2.06. The number of hydrogen-bond donors (Lipinski definition) is 1. The Balaban J connectivity index is 1.82. The van der Waals surface area contributed by atoms with Gasteiger partial charge in [-0.3, -0.25) is 4.98 Å². The van der Waals surface area contributed by atoms with E-state index < -0.39 is 0 Å². The molecule has 3 rings (SSSR count). The second-order valence-electron chi connectivity index (χ2n) is 4.81. The molecule has 0 radical (unpaired) electrons. The Bertz CT molecular complexity index is 707. The second-order valence-corrected chi connectivity index (χ2v) is 5.67. The van der Waals surface area contributed by atoms with Crippen LogP contribution in [-0.2, 0) is 6.42 Å². The van der Waals surface area contributed by atoms with Crippen molar-refractivity contribution in [2.45, 2.75) is 19.8 Å². The fourth-order valence-electron chi connectivity index (χ4n) is 2.22. The minimum atomic E-state index is 0.914. The van der Waals surface area contributed by atoms with Crippen LogP contribution in [-0.4, -0.2) is 9.97 Å². The van der Waals surface area contributed by atoms with Crippen molar-refractivity contribution in [2.24, 2.45) is 0 Å². The van der Waals surface area contributed by atoms with Crippen molar-refractivity contribution in [1.29, 1.82) is 0 Å². The lowest BCUT2D eigenvalue weighted by molar-refractivity contribution is 0.923. The van der Waals surface area contributed by atoms with E-state index >= 15 is 0 Å². The molecule has 106 valence electrons. The van der Waals surface area contributed by atoms with Crippen LogP contribution in [0.15, 0.2) is 54.2 Å². The minimum Gasteiger partial charge on any atom is -0.331 e. The first kappa shape index (κ1) is 13.8. The Hall–Kier alpha value is -2.20. The molecule has 0 amide bonds. The van der Waals surface area contributed by atoms with Gasteiger partial charge >= 0.3 is 0 Å². The third-order valence-electron chi connectivity index (χ3n) is 3.24. The third kappa shape index (κ3) is 3.28. The van der Waals surface area contributed by atoms with Gasteiger partial charge in [-0.25, -0.2) is 4.98 Å². The third-order valence-corrected chi connectivity index (χ3v) is 4.00. The predicted molar refractivity (Wildman–Crippen MR) is 89.1 cm³/mol. The summed E-state index contributed by atoms with van der Waals surface area (Å²) in [7, 11) is 0. The molecule has 3 nitrogen and oxygen atoms in total. The quantitative estimate of drug-likeness (QED) is 0.727. The Morgan fingerprint density at radius 2 is 2.05 bits per heavy atom. The van der Waals surface area contributed by atoms with Gasteiger partial charge in [-0.1, -0.05) is 31.5 Å². The van der Waals surface area contributed by atoms with Crippen LogP contribution in [0.2, 0.25) is 0 Å². The van der Waals surface area contributed by atoms with E-state index in [9.17, 15) is 0 Å². The summed E-state index contributed by atoms with van der Waals surface area (Å²) >= 11 is 1.62. The van der Waals surface area contributed by atoms with Crippen molar-refractivity contribution >= 4 is 22.2 Å². The molecular weight excluding hydrogens is 278 g/mol. The molecule has 2 aromatic heterocycles. The number of pyridine rings is 1. The summed E-state index contributed by atoms with van der Waals surface area (Å²) in [6, 6.07) is 12.4. The summed E-state index contributed by atoms with van der Waals surface area (Å²) in [5.41, 5.74) is 4.48. The predicted octanol–water partition coefficient (Wildman–Crippen LogP) is 4.90. The first-order valence-corrected chi connectivity index (χ1v) is 7.95. The zero-order valence-corrected chi connectivity index (χ0v) is 12.7. The van der Waals surface area contributed by atoms with Gasteiger partial charge in [0.1, 0.15) is 0 Å². The molecule has 0 saturated carbocycles. The molecule has 0 saturated heterocycles. The van der Waals surface area contributed by atoms with Crippen LogP contribution >= 0.6 is 11.3 Å². The summed E-state index contributed by atoms with van der Waals surface area (Å²) in [4.78, 5) is 8.78. The summed E-state index contributed by atoms with van der Waals surface area (Å²) in [5, 5.41) is 6.41. The first-order chi connectivity index (χ1) is 10.4. The molecule has 0 aliphatic rings. The molecule has 1 N–H and O–H groups in total. The second kappa shape index (κ2) is 6.50. The van der Waals surface area contributed by atoms with Gasteiger partial charge in [0.25, 0.3) is 0 Å². The average molecular weight is 295 g/mol. The zero-order valence-electron chi connectivity index (χ0n) is 11.9. The highest BCUT2D eigenvalue weighted by molar-refractivity contribution is 7.14. The maximum absolute atomic E-state index is 4.64. The molecule has 21 heavy (non-hydrogen) atoms. The topological polar surface area (TPSA) is 37.8 Å². The van der Waals surface area contributed by atoms with Crippen LogP contribution in [0, 0.1) is 0 Å². The first-order valence-electron chi connectivity index (χ1n) is 7.07. The summed E-state index contributed by atoms with van der Waals surface area (Å²) in [5.74, 6) is 0. The van der Waals surface area contributed by atoms with E-state index in [2.05, 4.69) is 51.9 Å². The molecule has 2 heterocycles. The van der Waals surface area contributed by atoms with Gasteiger partial charge in [0.05, 0.1) is 5.69 Å². The van der Waals surface area contributed by atoms with Gasteiger partial charge in [-0.2, -0.15) is 0 Å². The number of rotatable bonds is 5. The van der Waals surface area contributed by atoms with E-state index in [1.165, 1.54) is 5.56 Å². The maximum Gasteiger partial charge on any atom is 0.187 e. The zero-order chi connectivity index (χ0) is 14.5. The van der Waals surface area contributed by atoms with Gasteiger partial charge in [0.2, 0.25) is 0 Å². The largest absolute Gasteiger partial charge is 0.331 e. The van der Waals surface area contributed by atoms with Crippen LogP contribution in [0.1, 0.15) is 18.9 Å². The molecular formula is C17H17N3S. The van der Waals surface area contributed by atoms with E-state index in [1.54, 1.807) is 17.5 Å². The molecule has 0 aliphatic heterocycles. The number of benzene rings is 1. The van der Waals surface area contributed by atoms with Crippen LogP contribution in [0.3, 0.4) is 0 Å². The van der Waals surface area contributed by atoms with Crippen molar-refractivity contribution in [1.82, 2.24) is 9.97 Å². The van der Waals surface area contributed by atoms with Crippen LogP contribution in [0.25, 0.3) is 11.3 Å². The number of para-hydroxylation sites is 1. The molecule has 0 unspecified atom stereocenters. The summed E-state index contributed by atoms with van der Waals surface area (Å²) in [6.45, 7) is 2.20. The van der Waals surface area contributed by atoms with Crippen molar-refractivity contribution in [2.75, 3.05) is 5.32 Å². The number of thiazole rings is 1. The van der Waals surface area contributed by atoms with Crippen molar-refractivity contribution in [3.05, 3.63) is 59.7 Å². The fourth-order valence-corrected chi connectivity index (χ4v) is 2.95. The van der Waals surface area contributed by atoms with Gasteiger partial charge in [-0.15, -0.1) is 11.3 Å². The number of nitrogens with zero attached hydrogens (tertiary/aromatic N) is 2. The number of anilines is 2. The molecule has 0 aliphatic carbocycles. The molecule has 0 bridgehead atoms. The highest BCUT2D eigenvalue weighted by Crippen LogP contribution is 2.28. The van der Waals surface area contributed by atoms with Gasteiger partial charge in [0.15, 0.2) is 5.13 Å². The number of aryl methyl sites for hydroxylation is 1. The van der Waals surface area contributed by atoms with Crippen molar-refractivity contribution in [3.8, 4) is 11.3 Å². The molecule has 3 aromatic rings. The lowest BCUT2D eigenvalue weighted by atomic mass is 10.1. The fraction of sp³-hybridized carbons (Fsp3) is 0.176. The Morgan fingerprint density at radius 1 is 1.14 bits per heavy atom. The maximum atomic E-state index is 4.64. The average Bonchev–Trinajstić information content (AvgIpc) is 2.99. The Kier molecular flexibility index (Phi) is 4.26. The lowest BCUT2D eigenvalue weighted by Crippen LogP contribution is -1.95. The van der Waals surface area contributed by atoms with Crippen LogP contribution in [0.4, 0.5) is 10.8 Å². The number of aromatic nitrogens is 2. The Labute approximate surface area is 128 Å². The Morgan fingerprint density at radius 3 is 2.86 bits per heavy atom. The normalized spacial score (nSPS) is 10.5. The highest BCUT2D eigenvalue weighted by atomic mass is 32.1. The SMILES string of the molecule is CCCc1ccccc1Nc1nc(-c2cccnc2)cs1. The summed E-state index contributed by atoms with van der Waals surface area (Å²) in [6.07, 6.45) is 5.82. The van der Waals surface area contributed by atoms with Crippen molar-refractivity contribution in [3.63, 3.8) is 0 Å². The molecule has 0 spiro atoms. The van der Waals surface area contributed by atoms with Gasteiger partial charge < -0.3 is 5.32 Å². The van der Waals surface area contributed by atoms with Crippen molar-refractivity contribution < 1.29 is 0 Å². The molecule has 1 aromatic carbocycles. The smallest absolute Gasteiger partial charge is 0.187 e. The van der Waals surface area contributed by atoms with E-state index in [0.717, 1.165) is 34.9 Å². The van der Waals surface area contributed by atoms with E-state index in [1.807, 2.05) is 18.3 Å². The number of hydrogen-bond acceptors (Lipinski definition) is 4. The van der Waals surface area contributed by atoms with E-state index in [0.29, 0.717) is 0 Å². The van der Waals surface area contributed by atoms with Gasteiger partial charge in [0, 0.05) is 29.0 Å². The van der Waals surface area contributed by atoms with Gasteiger partial charge in [-0.05, 0) is 30.2 Å². The van der Waals surface area contributed by atoms with E-state index in [-0.39, 0.29) is 0 Å². The standard InChI is InChI=1S/C17H17N3S/c1-2-6-13-7-3-4-9-15(13)19-17-20-16(12-21-17)14-8-5-10-18-11-14/h3-5,7-12H,2,6H2,1H3,(H,19,20). The van der Waals surface area contributed by atoms with Crippen LogP contribution in [0.5, 0.6) is 0 Å². The summed E-state index contributed by atoms with van der Waals surface area (Å²) < 4.78 is 0. The molecule has 0 atom stereocenters. The van der Waals surface area contributed by atoms with Crippen LogP contribution < -0.4 is 5.32 Å². The minimum absolute atomic E-state index is 0.914.